The van der Waals surface area contributed by atoms with Gasteiger partial charge in [-0.1, -0.05) is 19.9 Å². The molecule has 0 aliphatic carbocycles. The number of ether oxygens (including phenoxy) is 1. The van der Waals surface area contributed by atoms with E-state index in [1.54, 1.807) is 7.11 Å². The highest BCUT2D eigenvalue weighted by Gasteiger charge is 2.09. The van der Waals surface area contributed by atoms with Crippen molar-refractivity contribution in [2.24, 2.45) is 5.73 Å². The van der Waals surface area contributed by atoms with Gasteiger partial charge < -0.3 is 10.5 Å². The number of nitrogens with two attached hydrogens (primary N) is 1. The SMILES string of the molecule is COc1ccc(CN)c(-n2ccc(C(C)C)n2)c1. The van der Waals surface area contributed by atoms with Crippen LogP contribution < -0.4 is 10.5 Å². The normalized spacial score (nSPS) is 10.9. The molecule has 96 valence electrons. The van der Waals surface area contributed by atoms with E-state index in [-0.39, 0.29) is 0 Å². The molecule has 0 saturated carbocycles. The molecule has 0 unspecified atom stereocenters. The zero-order chi connectivity index (χ0) is 13.1. The lowest BCUT2D eigenvalue weighted by atomic mass is 10.1. The number of rotatable bonds is 4. The van der Waals surface area contributed by atoms with Crippen molar-refractivity contribution in [2.45, 2.75) is 26.3 Å². The maximum absolute atomic E-state index is 5.76. The summed E-state index contributed by atoms with van der Waals surface area (Å²) in [7, 11) is 1.66. The predicted octanol–water partition coefficient (Wildman–Crippen LogP) is 2.46. The average Bonchev–Trinajstić information content (AvgIpc) is 2.87. The molecule has 2 aromatic rings. The summed E-state index contributed by atoms with van der Waals surface area (Å²) in [6.45, 7) is 4.74. The summed E-state index contributed by atoms with van der Waals surface area (Å²) >= 11 is 0. The highest BCUT2D eigenvalue weighted by molar-refractivity contribution is 5.46. The Morgan fingerprint density at radius 1 is 1.33 bits per heavy atom. The van der Waals surface area contributed by atoms with Gasteiger partial charge in [-0.15, -0.1) is 0 Å². The summed E-state index contributed by atoms with van der Waals surface area (Å²) in [6, 6.07) is 7.88. The number of nitrogens with zero attached hydrogens (tertiary/aromatic N) is 2. The van der Waals surface area contributed by atoms with E-state index in [4.69, 9.17) is 10.5 Å². The third-order valence-electron chi connectivity index (χ3n) is 2.96. The fourth-order valence-corrected chi connectivity index (χ4v) is 1.84. The van der Waals surface area contributed by atoms with Crippen molar-refractivity contribution >= 4 is 0 Å². The summed E-state index contributed by atoms with van der Waals surface area (Å²) in [5.41, 5.74) is 8.86. The van der Waals surface area contributed by atoms with Crippen LogP contribution in [0.3, 0.4) is 0 Å². The molecule has 1 aromatic heterocycles. The summed E-state index contributed by atoms with van der Waals surface area (Å²) in [5, 5.41) is 4.57. The molecule has 0 saturated heterocycles. The first-order valence-corrected chi connectivity index (χ1v) is 6.08. The van der Waals surface area contributed by atoms with Gasteiger partial charge in [0.15, 0.2) is 0 Å². The van der Waals surface area contributed by atoms with Gasteiger partial charge >= 0.3 is 0 Å². The Morgan fingerprint density at radius 2 is 2.11 bits per heavy atom. The van der Waals surface area contributed by atoms with Crippen molar-refractivity contribution in [3.8, 4) is 11.4 Å². The van der Waals surface area contributed by atoms with Crippen LogP contribution in [0, 0.1) is 0 Å². The molecule has 0 radical (unpaired) electrons. The fraction of sp³-hybridized carbons (Fsp3) is 0.357. The van der Waals surface area contributed by atoms with Gasteiger partial charge in [-0.2, -0.15) is 5.10 Å². The summed E-state index contributed by atoms with van der Waals surface area (Å²) in [6.07, 6.45) is 1.96. The number of hydrogen-bond acceptors (Lipinski definition) is 3. The lowest BCUT2D eigenvalue weighted by Crippen LogP contribution is -2.06. The van der Waals surface area contributed by atoms with E-state index in [9.17, 15) is 0 Å². The smallest absolute Gasteiger partial charge is 0.121 e. The molecular formula is C14H19N3O. The highest BCUT2D eigenvalue weighted by Crippen LogP contribution is 2.22. The van der Waals surface area contributed by atoms with Gasteiger partial charge in [0.05, 0.1) is 18.5 Å². The second-order valence-corrected chi connectivity index (χ2v) is 4.54. The molecule has 0 aliphatic rings. The minimum absolute atomic E-state index is 0.415. The van der Waals surface area contributed by atoms with E-state index >= 15 is 0 Å². The van der Waals surface area contributed by atoms with E-state index in [1.807, 2.05) is 35.1 Å². The molecule has 2 rings (SSSR count). The van der Waals surface area contributed by atoms with Gasteiger partial charge in [0.1, 0.15) is 5.75 Å². The van der Waals surface area contributed by atoms with Crippen molar-refractivity contribution in [2.75, 3.05) is 7.11 Å². The monoisotopic (exact) mass is 245 g/mol. The van der Waals surface area contributed by atoms with Crippen molar-refractivity contribution in [3.63, 3.8) is 0 Å². The van der Waals surface area contributed by atoms with Crippen LogP contribution in [0.25, 0.3) is 5.69 Å². The Hall–Kier alpha value is -1.81. The lowest BCUT2D eigenvalue weighted by molar-refractivity contribution is 0.414. The number of methoxy groups -OCH3 is 1. The maximum Gasteiger partial charge on any atom is 0.121 e. The molecule has 1 aromatic carbocycles. The second kappa shape index (κ2) is 5.23. The summed E-state index contributed by atoms with van der Waals surface area (Å²) in [5.74, 6) is 1.22. The first kappa shape index (κ1) is 12.6. The molecule has 4 heteroatoms. The van der Waals surface area contributed by atoms with Crippen molar-refractivity contribution < 1.29 is 4.74 Å². The summed E-state index contributed by atoms with van der Waals surface area (Å²) in [4.78, 5) is 0. The van der Waals surface area contributed by atoms with Gasteiger partial charge in [0.2, 0.25) is 0 Å². The Bertz CT molecular complexity index is 532. The molecule has 1 heterocycles. The molecule has 4 nitrogen and oxygen atoms in total. The number of aromatic nitrogens is 2. The molecule has 0 fully saturated rings. The predicted molar refractivity (Wildman–Crippen MR) is 72.1 cm³/mol. The minimum Gasteiger partial charge on any atom is -0.497 e. The van der Waals surface area contributed by atoms with E-state index in [0.29, 0.717) is 12.5 Å². The quantitative estimate of drug-likeness (QED) is 0.900. The molecule has 0 aliphatic heterocycles. The zero-order valence-electron chi connectivity index (χ0n) is 11.1. The van der Waals surface area contributed by atoms with Crippen LogP contribution in [-0.4, -0.2) is 16.9 Å². The van der Waals surface area contributed by atoms with Crippen molar-refractivity contribution in [3.05, 3.63) is 41.7 Å². The van der Waals surface area contributed by atoms with Gasteiger partial charge in [0.25, 0.3) is 0 Å². The van der Waals surface area contributed by atoms with Gasteiger partial charge in [-0.25, -0.2) is 4.68 Å². The maximum atomic E-state index is 5.76. The first-order valence-electron chi connectivity index (χ1n) is 6.08. The van der Waals surface area contributed by atoms with Crippen LogP contribution in [0.1, 0.15) is 31.0 Å². The second-order valence-electron chi connectivity index (χ2n) is 4.54. The van der Waals surface area contributed by atoms with Crippen LogP contribution in [-0.2, 0) is 6.54 Å². The first-order chi connectivity index (χ1) is 8.65. The van der Waals surface area contributed by atoms with Gasteiger partial charge in [-0.3, -0.25) is 0 Å². The number of benzene rings is 1. The molecule has 0 amide bonds. The molecule has 0 bridgehead atoms. The van der Waals surface area contributed by atoms with Crippen LogP contribution in [0.4, 0.5) is 0 Å². The van der Waals surface area contributed by atoms with Crippen LogP contribution in [0.2, 0.25) is 0 Å². The topological polar surface area (TPSA) is 53.1 Å². The minimum atomic E-state index is 0.415. The third kappa shape index (κ3) is 2.38. The van der Waals surface area contributed by atoms with Gasteiger partial charge in [-0.05, 0) is 23.6 Å². The van der Waals surface area contributed by atoms with E-state index < -0.39 is 0 Å². The molecule has 2 N–H and O–H groups in total. The largest absolute Gasteiger partial charge is 0.497 e. The standard InChI is InChI=1S/C14H19N3O/c1-10(2)13-6-7-17(16-13)14-8-12(18-3)5-4-11(14)9-15/h4-8,10H,9,15H2,1-3H3. The molecule has 0 spiro atoms. The van der Waals surface area contributed by atoms with E-state index in [1.165, 1.54) is 0 Å². The van der Waals surface area contributed by atoms with E-state index in [2.05, 4.69) is 18.9 Å². The fourth-order valence-electron chi connectivity index (χ4n) is 1.84. The molecular weight excluding hydrogens is 226 g/mol. The third-order valence-corrected chi connectivity index (χ3v) is 2.96. The van der Waals surface area contributed by atoms with Gasteiger partial charge in [0, 0.05) is 18.8 Å². The zero-order valence-corrected chi connectivity index (χ0v) is 11.1. The average molecular weight is 245 g/mol. The van der Waals surface area contributed by atoms with Crippen molar-refractivity contribution in [1.82, 2.24) is 9.78 Å². The van der Waals surface area contributed by atoms with Crippen LogP contribution in [0.5, 0.6) is 5.75 Å². The van der Waals surface area contributed by atoms with E-state index in [0.717, 1.165) is 22.7 Å². The Balaban J connectivity index is 2.46. The lowest BCUT2D eigenvalue weighted by Gasteiger charge is -2.10. The number of hydrogen-bond donors (Lipinski definition) is 1. The Labute approximate surface area is 107 Å². The summed E-state index contributed by atoms with van der Waals surface area (Å²) < 4.78 is 7.11. The Kier molecular flexibility index (Phi) is 3.67. The van der Waals surface area contributed by atoms with Crippen molar-refractivity contribution in [1.29, 1.82) is 0 Å². The highest BCUT2D eigenvalue weighted by atomic mass is 16.5. The Morgan fingerprint density at radius 3 is 2.67 bits per heavy atom. The van der Waals surface area contributed by atoms with Crippen LogP contribution in [0.15, 0.2) is 30.5 Å². The van der Waals surface area contributed by atoms with Crippen LogP contribution >= 0.6 is 0 Å². The molecule has 18 heavy (non-hydrogen) atoms. The molecule has 0 atom stereocenters.